The SMILES string of the molecule is CN(C)C(=O)NCCNCc1cc(Br)ccc1Cl. The van der Waals surface area contributed by atoms with Crippen LogP contribution in [-0.4, -0.2) is 38.1 Å². The van der Waals surface area contributed by atoms with Crippen LogP contribution in [0.1, 0.15) is 5.56 Å². The number of urea groups is 1. The minimum atomic E-state index is -0.0858. The van der Waals surface area contributed by atoms with Crippen molar-refractivity contribution in [3.8, 4) is 0 Å². The molecule has 0 aromatic heterocycles. The van der Waals surface area contributed by atoms with E-state index in [9.17, 15) is 4.79 Å². The average Bonchev–Trinajstić information content (AvgIpc) is 2.32. The van der Waals surface area contributed by atoms with Gasteiger partial charge >= 0.3 is 6.03 Å². The zero-order valence-corrected chi connectivity index (χ0v) is 12.8. The highest BCUT2D eigenvalue weighted by molar-refractivity contribution is 9.10. The summed E-state index contributed by atoms with van der Waals surface area (Å²) in [6, 6.07) is 5.66. The molecule has 18 heavy (non-hydrogen) atoms. The van der Waals surface area contributed by atoms with E-state index in [1.165, 1.54) is 4.90 Å². The van der Waals surface area contributed by atoms with Crippen molar-refractivity contribution in [2.24, 2.45) is 0 Å². The highest BCUT2D eigenvalue weighted by Crippen LogP contribution is 2.20. The number of nitrogens with zero attached hydrogens (tertiary/aromatic N) is 1. The van der Waals surface area contributed by atoms with Crippen LogP contribution >= 0.6 is 27.5 Å². The maximum atomic E-state index is 11.2. The van der Waals surface area contributed by atoms with Crippen LogP contribution in [0.25, 0.3) is 0 Å². The molecule has 0 saturated heterocycles. The molecule has 0 aliphatic carbocycles. The highest BCUT2D eigenvalue weighted by atomic mass is 79.9. The van der Waals surface area contributed by atoms with E-state index in [4.69, 9.17) is 11.6 Å². The molecule has 1 rings (SSSR count). The fourth-order valence-corrected chi connectivity index (χ4v) is 1.91. The predicted octanol–water partition coefficient (Wildman–Crippen LogP) is 2.46. The van der Waals surface area contributed by atoms with Gasteiger partial charge < -0.3 is 15.5 Å². The van der Waals surface area contributed by atoms with Gasteiger partial charge in [-0.15, -0.1) is 0 Å². The van der Waals surface area contributed by atoms with E-state index in [1.807, 2.05) is 18.2 Å². The minimum absolute atomic E-state index is 0.0858. The lowest BCUT2D eigenvalue weighted by atomic mass is 10.2. The molecule has 0 aliphatic heterocycles. The molecular weight excluding hydrogens is 318 g/mol. The van der Waals surface area contributed by atoms with Crippen molar-refractivity contribution >= 4 is 33.6 Å². The molecular formula is C12H17BrClN3O. The van der Waals surface area contributed by atoms with Crippen LogP contribution in [0.2, 0.25) is 5.02 Å². The molecule has 2 N–H and O–H groups in total. The Balaban J connectivity index is 2.26. The first-order chi connectivity index (χ1) is 8.50. The van der Waals surface area contributed by atoms with Gasteiger partial charge in [0.1, 0.15) is 0 Å². The standard InChI is InChI=1S/C12H17BrClN3O/c1-17(2)12(18)16-6-5-15-8-9-7-10(13)3-4-11(9)14/h3-4,7,15H,5-6,8H2,1-2H3,(H,16,18). The molecule has 0 spiro atoms. The Kier molecular flexibility index (Phi) is 6.46. The summed E-state index contributed by atoms with van der Waals surface area (Å²) in [5, 5.41) is 6.74. The van der Waals surface area contributed by atoms with Crippen LogP contribution < -0.4 is 10.6 Å². The van der Waals surface area contributed by atoms with Gasteiger partial charge in [-0.25, -0.2) is 4.79 Å². The molecule has 0 saturated carbocycles. The number of halogens is 2. The molecule has 0 heterocycles. The van der Waals surface area contributed by atoms with Crippen LogP contribution in [0.4, 0.5) is 4.79 Å². The van der Waals surface area contributed by atoms with E-state index in [-0.39, 0.29) is 6.03 Å². The molecule has 0 fully saturated rings. The van der Waals surface area contributed by atoms with E-state index >= 15 is 0 Å². The first-order valence-electron chi connectivity index (χ1n) is 5.60. The van der Waals surface area contributed by atoms with E-state index in [2.05, 4.69) is 26.6 Å². The molecule has 0 aliphatic rings. The molecule has 0 atom stereocenters. The van der Waals surface area contributed by atoms with Crippen molar-refractivity contribution < 1.29 is 4.79 Å². The summed E-state index contributed by atoms with van der Waals surface area (Å²) in [6.45, 7) is 1.96. The zero-order chi connectivity index (χ0) is 13.5. The van der Waals surface area contributed by atoms with Gasteiger partial charge in [0.2, 0.25) is 0 Å². The van der Waals surface area contributed by atoms with Crippen molar-refractivity contribution in [3.05, 3.63) is 33.3 Å². The van der Waals surface area contributed by atoms with Crippen molar-refractivity contribution in [3.63, 3.8) is 0 Å². The lowest BCUT2D eigenvalue weighted by Crippen LogP contribution is -2.38. The van der Waals surface area contributed by atoms with Gasteiger partial charge in [0.25, 0.3) is 0 Å². The number of hydrogen-bond donors (Lipinski definition) is 2. The molecule has 0 unspecified atom stereocenters. The summed E-state index contributed by atoms with van der Waals surface area (Å²) < 4.78 is 1.00. The third-order valence-electron chi connectivity index (χ3n) is 2.31. The van der Waals surface area contributed by atoms with Crippen molar-refractivity contribution in [1.29, 1.82) is 0 Å². The van der Waals surface area contributed by atoms with Gasteiger partial charge in [0.05, 0.1) is 0 Å². The quantitative estimate of drug-likeness (QED) is 0.813. The number of hydrogen-bond acceptors (Lipinski definition) is 2. The Morgan fingerprint density at radius 1 is 1.39 bits per heavy atom. The Labute approximate surface area is 121 Å². The van der Waals surface area contributed by atoms with Gasteiger partial charge in [-0.2, -0.15) is 0 Å². The van der Waals surface area contributed by atoms with Gasteiger partial charge in [0, 0.05) is 43.2 Å². The largest absolute Gasteiger partial charge is 0.337 e. The third-order valence-corrected chi connectivity index (χ3v) is 3.17. The van der Waals surface area contributed by atoms with E-state index in [1.54, 1.807) is 14.1 Å². The van der Waals surface area contributed by atoms with Crippen LogP contribution in [-0.2, 0) is 6.54 Å². The summed E-state index contributed by atoms with van der Waals surface area (Å²) >= 11 is 9.47. The first kappa shape index (κ1) is 15.3. The Bertz CT molecular complexity index is 412. The van der Waals surface area contributed by atoms with Gasteiger partial charge in [-0.3, -0.25) is 0 Å². The first-order valence-corrected chi connectivity index (χ1v) is 6.77. The molecule has 100 valence electrons. The molecule has 6 heteroatoms. The topological polar surface area (TPSA) is 44.4 Å². The monoisotopic (exact) mass is 333 g/mol. The van der Waals surface area contributed by atoms with E-state index in [0.717, 1.165) is 15.1 Å². The lowest BCUT2D eigenvalue weighted by Gasteiger charge is -2.12. The van der Waals surface area contributed by atoms with Crippen molar-refractivity contribution in [2.75, 3.05) is 27.2 Å². The molecule has 2 amide bonds. The maximum absolute atomic E-state index is 11.2. The Hall–Kier alpha value is -0.780. The second-order valence-electron chi connectivity index (χ2n) is 4.04. The van der Waals surface area contributed by atoms with Crippen LogP contribution in [0.15, 0.2) is 22.7 Å². The third kappa shape index (κ3) is 5.25. The minimum Gasteiger partial charge on any atom is -0.337 e. The van der Waals surface area contributed by atoms with Gasteiger partial charge in [-0.05, 0) is 23.8 Å². The highest BCUT2D eigenvalue weighted by Gasteiger charge is 2.02. The van der Waals surface area contributed by atoms with Gasteiger partial charge in [-0.1, -0.05) is 27.5 Å². The zero-order valence-electron chi connectivity index (χ0n) is 10.5. The Morgan fingerprint density at radius 2 is 2.11 bits per heavy atom. The lowest BCUT2D eigenvalue weighted by molar-refractivity contribution is 0.217. The smallest absolute Gasteiger partial charge is 0.316 e. The second kappa shape index (κ2) is 7.61. The second-order valence-corrected chi connectivity index (χ2v) is 5.36. The summed E-state index contributed by atoms with van der Waals surface area (Å²) in [5.41, 5.74) is 1.03. The van der Waals surface area contributed by atoms with Crippen molar-refractivity contribution in [2.45, 2.75) is 6.54 Å². The summed E-state index contributed by atoms with van der Waals surface area (Å²) in [7, 11) is 3.42. The number of benzene rings is 1. The fraction of sp³-hybridized carbons (Fsp3) is 0.417. The van der Waals surface area contributed by atoms with Crippen molar-refractivity contribution in [1.82, 2.24) is 15.5 Å². The average molecular weight is 335 g/mol. The number of nitrogens with one attached hydrogen (secondary N) is 2. The van der Waals surface area contributed by atoms with Crippen LogP contribution in [0.5, 0.6) is 0 Å². The van der Waals surface area contributed by atoms with Gasteiger partial charge in [0.15, 0.2) is 0 Å². The number of carbonyl (C=O) groups excluding carboxylic acids is 1. The van der Waals surface area contributed by atoms with Crippen LogP contribution in [0.3, 0.4) is 0 Å². The number of carbonyl (C=O) groups is 1. The molecule has 0 bridgehead atoms. The fourth-order valence-electron chi connectivity index (χ4n) is 1.32. The maximum Gasteiger partial charge on any atom is 0.316 e. The van der Waals surface area contributed by atoms with E-state index < -0.39 is 0 Å². The summed E-state index contributed by atoms with van der Waals surface area (Å²) in [5.74, 6) is 0. The number of amides is 2. The number of rotatable bonds is 5. The molecule has 4 nitrogen and oxygen atoms in total. The molecule has 1 aromatic carbocycles. The summed E-state index contributed by atoms with van der Waals surface area (Å²) in [6.07, 6.45) is 0. The Morgan fingerprint density at radius 3 is 2.78 bits per heavy atom. The van der Waals surface area contributed by atoms with E-state index in [0.29, 0.717) is 19.6 Å². The molecule has 1 aromatic rings. The summed E-state index contributed by atoms with van der Waals surface area (Å²) in [4.78, 5) is 12.7. The van der Waals surface area contributed by atoms with Crippen LogP contribution in [0, 0.1) is 0 Å². The normalized spacial score (nSPS) is 10.2. The predicted molar refractivity (Wildman–Crippen MR) is 77.9 cm³/mol. The molecule has 0 radical (unpaired) electrons.